The lowest BCUT2D eigenvalue weighted by Gasteiger charge is -2.06. The average Bonchev–Trinajstić information content (AvgIpc) is 2.45. The first-order chi connectivity index (χ1) is 8.81. The van der Waals surface area contributed by atoms with Crippen LogP contribution in [0.4, 0.5) is 0 Å². The van der Waals surface area contributed by atoms with Gasteiger partial charge in [0.25, 0.3) is 0 Å². The summed E-state index contributed by atoms with van der Waals surface area (Å²) in [6.07, 6.45) is 4.17. The molecule has 0 radical (unpaired) electrons. The lowest BCUT2D eigenvalue weighted by Crippen LogP contribution is -2.02. The second kappa shape index (κ2) is 5.96. The molecular weight excluding hydrogens is 226 g/mol. The predicted octanol–water partition coefficient (Wildman–Crippen LogP) is 3.10. The molecule has 2 aromatic rings. The molecule has 0 aliphatic carbocycles. The van der Waals surface area contributed by atoms with Crippen LogP contribution in [0.15, 0.2) is 48.8 Å². The van der Waals surface area contributed by atoms with E-state index in [0.717, 1.165) is 12.2 Å². The molecular formula is C15H15NO2. The number of pyridine rings is 1. The maximum absolute atomic E-state index is 12.2. The lowest BCUT2D eigenvalue weighted by atomic mass is 10.1. The van der Waals surface area contributed by atoms with E-state index in [-0.39, 0.29) is 5.78 Å². The van der Waals surface area contributed by atoms with Crippen LogP contribution < -0.4 is 4.74 Å². The molecule has 92 valence electrons. The second-order valence-electron chi connectivity index (χ2n) is 3.95. The van der Waals surface area contributed by atoms with Crippen LogP contribution in [-0.4, -0.2) is 17.4 Å². The number of carbonyl (C=O) groups excluding carboxylic acids is 1. The maximum atomic E-state index is 12.2. The summed E-state index contributed by atoms with van der Waals surface area (Å²) in [5.41, 5.74) is 1.21. The van der Waals surface area contributed by atoms with Gasteiger partial charge in [0.2, 0.25) is 0 Å². The van der Waals surface area contributed by atoms with Crippen LogP contribution in [0, 0.1) is 0 Å². The molecule has 0 spiro atoms. The molecule has 3 heteroatoms. The minimum Gasteiger partial charge on any atom is -0.494 e. The van der Waals surface area contributed by atoms with Crippen LogP contribution in [-0.2, 0) is 0 Å². The number of hydrogen-bond acceptors (Lipinski definition) is 3. The number of benzene rings is 1. The van der Waals surface area contributed by atoms with Gasteiger partial charge in [-0.15, -0.1) is 0 Å². The molecule has 0 fully saturated rings. The van der Waals surface area contributed by atoms with Gasteiger partial charge in [0.1, 0.15) is 5.75 Å². The highest BCUT2D eigenvalue weighted by molar-refractivity contribution is 6.08. The number of carbonyl (C=O) groups is 1. The number of ketones is 1. The zero-order chi connectivity index (χ0) is 12.8. The summed E-state index contributed by atoms with van der Waals surface area (Å²) in [7, 11) is 0. The van der Waals surface area contributed by atoms with Crippen molar-refractivity contribution in [3.8, 4) is 5.75 Å². The van der Waals surface area contributed by atoms with Gasteiger partial charge >= 0.3 is 0 Å². The van der Waals surface area contributed by atoms with Gasteiger partial charge in [-0.2, -0.15) is 0 Å². The average molecular weight is 241 g/mol. The van der Waals surface area contributed by atoms with E-state index >= 15 is 0 Å². The Morgan fingerprint density at radius 3 is 2.78 bits per heavy atom. The van der Waals surface area contributed by atoms with Gasteiger partial charge in [-0.1, -0.05) is 19.1 Å². The Morgan fingerprint density at radius 2 is 2.06 bits per heavy atom. The molecule has 3 nitrogen and oxygen atoms in total. The van der Waals surface area contributed by atoms with Gasteiger partial charge in [0.15, 0.2) is 5.78 Å². The van der Waals surface area contributed by atoms with Crippen molar-refractivity contribution in [1.29, 1.82) is 0 Å². The Labute approximate surface area is 106 Å². The molecule has 18 heavy (non-hydrogen) atoms. The van der Waals surface area contributed by atoms with Crippen molar-refractivity contribution >= 4 is 5.78 Å². The number of ether oxygens (including phenoxy) is 1. The third kappa shape index (κ3) is 2.94. The monoisotopic (exact) mass is 241 g/mol. The fourth-order valence-corrected chi connectivity index (χ4v) is 1.61. The zero-order valence-electron chi connectivity index (χ0n) is 10.3. The summed E-state index contributed by atoms with van der Waals surface area (Å²) < 4.78 is 5.51. The van der Waals surface area contributed by atoms with E-state index in [2.05, 4.69) is 4.98 Å². The molecule has 1 aromatic carbocycles. The van der Waals surface area contributed by atoms with Gasteiger partial charge in [-0.25, -0.2) is 0 Å². The fourth-order valence-electron chi connectivity index (χ4n) is 1.61. The largest absolute Gasteiger partial charge is 0.494 e. The van der Waals surface area contributed by atoms with Gasteiger partial charge in [-0.3, -0.25) is 9.78 Å². The Bertz CT molecular complexity index is 523. The Morgan fingerprint density at radius 1 is 1.22 bits per heavy atom. The summed E-state index contributed by atoms with van der Waals surface area (Å²) in [5.74, 6) is 0.691. The first-order valence-corrected chi connectivity index (χ1v) is 5.99. The van der Waals surface area contributed by atoms with Crippen molar-refractivity contribution < 1.29 is 9.53 Å². The summed E-state index contributed by atoms with van der Waals surface area (Å²) >= 11 is 0. The highest BCUT2D eigenvalue weighted by atomic mass is 16.5. The van der Waals surface area contributed by atoms with E-state index in [9.17, 15) is 4.79 Å². The topological polar surface area (TPSA) is 39.2 Å². The molecule has 0 amide bonds. The van der Waals surface area contributed by atoms with Crippen LogP contribution in [0.2, 0.25) is 0 Å². The number of nitrogens with zero attached hydrogens (tertiary/aromatic N) is 1. The summed E-state index contributed by atoms with van der Waals surface area (Å²) in [5, 5.41) is 0. The van der Waals surface area contributed by atoms with Gasteiger partial charge in [0.05, 0.1) is 6.61 Å². The van der Waals surface area contributed by atoms with E-state index in [1.807, 2.05) is 19.1 Å². The van der Waals surface area contributed by atoms with Crippen molar-refractivity contribution in [2.75, 3.05) is 6.61 Å². The van der Waals surface area contributed by atoms with Crippen molar-refractivity contribution in [2.24, 2.45) is 0 Å². The minimum absolute atomic E-state index is 0.0370. The summed E-state index contributed by atoms with van der Waals surface area (Å²) in [4.78, 5) is 16.1. The normalized spacial score (nSPS) is 10.1. The van der Waals surface area contributed by atoms with E-state index in [0.29, 0.717) is 17.7 Å². The molecule has 0 N–H and O–H groups in total. The molecule has 0 saturated carbocycles. The molecule has 0 atom stereocenters. The third-order valence-electron chi connectivity index (χ3n) is 2.49. The molecule has 0 unspecified atom stereocenters. The molecule has 0 aliphatic heterocycles. The van der Waals surface area contributed by atoms with Crippen LogP contribution in [0.5, 0.6) is 5.75 Å². The van der Waals surface area contributed by atoms with Crippen LogP contribution in [0.3, 0.4) is 0 Å². The quantitative estimate of drug-likeness (QED) is 0.755. The lowest BCUT2D eigenvalue weighted by molar-refractivity contribution is 0.103. The van der Waals surface area contributed by atoms with Gasteiger partial charge < -0.3 is 4.74 Å². The van der Waals surface area contributed by atoms with Crippen LogP contribution >= 0.6 is 0 Å². The van der Waals surface area contributed by atoms with Crippen molar-refractivity contribution in [1.82, 2.24) is 4.98 Å². The van der Waals surface area contributed by atoms with E-state index in [1.165, 1.54) is 0 Å². The number of aromatic nitrogens is 1. The first-order valence-electron chi connectivity index (χ1n) is 5.99. The van der Waals surface area contributed by atoms with E-state index < -0.39 is 0 Å². The zero-order valence-corrected chi connectivity index (χ0v) is 10.3. The standard InChI is InChI=1S/C15H15NO2/c1-2-9-18-14-7-3-5-12(10-14)15(17)13-6-4-8-16-11-13/h3-8,10-11H,2,9H2,1H3. The molecule has 1 aromatic heterocycles. The highest BCUT2D eigenvalue weighted by Gasteiger charge is 2.09. The number of rotatable bonds is 5. The Balaban J connectivity index is 2.20. The molecule has 2 rings (SSSR count). The van der Waals surface area contributed by atoms with Crippen molar-refractivity contribution in [3.63, 3.8) is 0 Å². The van der Waals surface area contributed by atoms with Crippen molar-refractivity contribution in [2.45, 2.75) is 13.3 Å². The van der Waals surface area contributed by atoms with E-state index in [1.54, 1.807) is 36.7 Å². The smallest absolute Gasteiger partial charge is 0.194 e. The molecule has 1 heterocycles. The fraction of sp³-hybridized carbons (Fsp3) is 0.200. The third-order valence-corrected chi connectivity index (χ3v) is 2.49. The Kier molecular flexibility index (Phi) is 4.07. The maximum Gasteiger partial charge on any atom is 0.194 e. The number of hydrogen-bond donors (Lipinski definition) is 0. The molecule has 0 saturated heterocycles. The highest BCUT2D eigenvalue weighted by Crippen LogP contribution is 2.16. The Hall–Kier alpha value is -2.16. The predicted molar refractivity (Wildman–Crippen MR) is 69.9 cm³/mol. The molecule has 0 aliphatic rings. The van der Waals surface area contributed by atoms with Crippen LogP contribution in [0.1, 0.15) is 29.3 Å². The minimum atomic E-state index is -0.0370. The SMILES string of the molecule is CCCOc1cccc(C(=O)c2cccnc2)c1. The molecule has 0 bridgehead atoms. The van der Waals surface area contributed by atoms with E-state index in [4.69, 9.17) is 4.74 Å². The van der Waals surface area contributed by atoms with Gasteiger partial charge in [-0.05, 0) is 30.7 Å². The first kappa shape index (κ1) is 12.3. The summed E-state index contributed by atoms with van der Waals surface area (Å²) in [6.45, 7) is 2.70. The van der Waals surface area contributed by atoms with Gasteiger partial charge in [0, 0.05) is 23.5 Å². The van der Waals surface area contributed by atoms with Crippen LogP contribution in [0.25, 0.3) is 0 Å². The second-order valence-corrected chi connectivity index (χ2v) is 3.95. The van der Waals surface area contributed by atoms with Crippen molar-refractivity contribution in [3.05, 3.63) is 59.9 Å². The summed E-state index contributed by atoms with van der Waals surface area (Å²) in [6, 6.07) is 10.8.